The highest BCUT2D eigenvalue weighted by Gasteiger charge is 2.40. The minimum absolute atomic E-state index is 0.0277. The normalized spacial score (nSPS) is 18.0. The molecule has 5 rings (SSSR count). The molecule has 1 N–H and O–H groups in total. The van der Waals surface area contributed by atoms with Gasteiger partial charge in [0.1, 0.15) is 12.2 Å². The summed E-state index contributed by atoms with van der Waals surface area (Å²) in [6.45, 7) is 4.02. The smallest absolute Gasteiger partial charge is 0.342 e. The Kier molecular flexibility index (Phi) is 7.53. The summed E-state index contributed by atoms with van der Waals surface area (Å²) in [5.41, 5.74) is 2.67. The van der Waals surface area contributed by atoms with Gasteiger partial charge in [0.15, 0.2) is 5.65 Å². The number of likely N-dealkylation sites (tertiary alicyclic amines) is 1. The highest BCUT2D eigenvalue weighted by molar-refractivity contribution is 5.88. The molecule has 0 spiro atoms. The van der Waals surface area contributed by atoms with Gasteiger partial charge in [-0.15, -0.1) is 5.10 Å². The van der Waals surface area contributed by atoms with Crippen molar-refractivity contribution in [1.29, 1.82) is 0 Å². The lowest BCUT2D eigenvalue weighted by Gasteiger charge is -2.26. The molecule has 10 heteroatoms. The van der Waals surface area contributed by atoms with Gasteiger partial charge in [0, 0.05) is 25.2 Å². The number of alkyl halides is 1. The molecular weight excluding hydrogens is 499 g/mol. The fourth-order valence-corrected chi connectivity index (χ4v) is 4.91. The molecule has 3 atom stereocenters. The Bertz CT molecular complexity index is 1520. The predicted molar refractivity (Wildman–Crippen MR) is 144 cm³/mol. The van der Waals surface area contributed by atoms with Gasteiger partial charge in [-0.1, -0.05) is 56.3 Å². The SMILES string of the molecule is CC(C)c1ccc(C(NC(=O)C2CC(F)CN2C(=O)CCn2nc3ccccn3c2=O)c2ccccc2)nc1. The molecule has 0 radical (unpaired) electrons. The predicted octanol–water partition coefficient (Wildman–Crippen LogP) is 3.25. The molecule has 3 unspecified atom stereocenters. The zero-order chi connectivity index (χ0) is 27.5. The molecule has 1 aliphatic rings. The second kappa shape index (κ2) is 11.2. The van der Waals surface area contributed by atoms with Gasteiger partial charge in [-0.25, -0.2) is 13.9 Å². The van der Waals surface area contributed by atoms with Crippen LogP contribution in [0.3, 0.4) is 0 Å². The van der Waals surface area contributed by atoms with Crippen LogP contribution in [-0.4, -0.2) is 54.6 Å². The maximum Gasteiger partial charge on any atom is 0.350 e. The maximum absolute atomic E-state index is 14.6. The highest BCUT2D eigenvalue weighted by atomic mass is 19.1. The summed E-state index contributed by atoms with van der Waals surface area (Å²) in [6, 6.07) is 17.0. The monoisotopic (exact) mass is 530 g/mol. The Morgan fingerprint density at radius 3 is 2.51 bits per heavy atom. The van der Waals surface area contributed by atoms with Crippen molar-refractivity contribution in [1.82, 2.24) is 29.4 Å². The van der Waals surface area contributed by atoms with E-state index in [0.717, 1.165) is 11.1 Å². The van der Waals surface area contributed by atoms with Gasteiger partial charge in [0.25, 0.3) is 0 Å². The molecule has 0 aliphatic carbocycles. The van der Waals surface area contributed by atoms with Crippen LogP contribution in [0.5, 0.6) is 0 Å². The number of fused-ring (bicyclic) bond motifs is 1. The van der Waals surface area contributed by atoms with Crippen LogP contribution in [0.25, 0.3) is 5.65 Å². The van der Waals surface area contributed by atoms with Crippen LogP contribution in [0.15, 0.2) is 77.9 Å². The van der Waals surface area contributed by atoms with E-state index in [-0.39, 0.29) is 31.6 Å². The van der Waals surface area contributed by atoms with Crippen LogP contribution < -0.4 is 11.0 Å². The fraction of sp³-hybridized carbons (Fsp3) is 0.345. The second-order valence-corrected chi connectivity index (χ2v) is 10.1. The number of nitrogens with zero attached hydrogens (tertiary/aromatic N) is 5. The summed E-state index contributed by atoms with van der Waals surface area (Å²) >= 11 is 0. The lowest BCUT2D eigenvalue weighted by atomic mass is 10.00. The quantitative estimate of drug-likeness (QED) is 0.377. The largest absolute Gasteiger partial charge is 0.350 e. The van der Waals surface area contributed by atoms with Crippen LogP contribution in [0.4, 0.5) is 4.39 Å². The van der Waals surface area contributed by atoms with E-state index < -0.39 is 30.1 Å². The third-order valence-corrected chi connectivity index (χ3v) is 7.09. The minimum Gasteiger partial charge on any atom is -0.342 e. The van der Waals surface area contributed by atoms with E-state index in [1.165, 1.54) is 14.0 Å². The first-order valence-electron chi connectivity index (χ1n) is 13.1. The first-order chi connectivity index (χ1) is 18.8. The van der Waals surface area contributed by atoms with Crippen molar-refractivity contribution in [2.75, 3.05) is 6.54 Å². The summed E-state index contributed by atoms with van der Waals surface area (Å²) in [4.78, 5) is 45.1. The first-order valence-corrected chi connectivity index (χ1v) is 13.1. The average Bonchev–Trinajstić information content (AvgIpc) is 3.50. The summed E-state index contributed by atoms with van der Waals surface area (Å²) in [5.74, 6) is -0.542. The van der Waals surface area contributed by atoms with Gasteiger partial charge in [0.05, 0.1) is 24.8 Å². The Morgan fingerprint density at radius 1 is 1.05 bits per heavy atom. The number of rotatable bonds is 8. The Labute approximate surface area is 225 Å². The molecule has 3 aromatic heterocycles. The number of hydrogen-bond donors (Lipinski definition) is 1. The molecule has 39 heavy (non-hydrogen) atoms. The first kappa shape index (κ1) is 26.3. The molecule has 1 fully saturated rings. The number of aryl methyl sites for hydroxylation is 1. The maximum atomic E-state index is 14.6. The molecule has 202 valence electrons. The zero-order valence-corrected chi connectivity index (χ0v) is 21.9. The molecule has 0 saturated carbocycles. The number of amides is 2. The number of halogens is 1. The molecular formula is C29H31FN6O3. The Hall–Kier alpha value is -4.34. The van der Waals surface area contributed by atoms with Crippen LogP contribution in [0.1, 0.15) is 55.5 Å². The number of benzene rings is 1. The number of nitrogens with one attached hydrogen (secondary N) is 1. The van der Waals surface area contributed by atoms with E-state index in [9.17, 15) is 18.8 Å². The van der Waals surface area contributed by atoms with Crippen LogP contribution in [0.2, 0.25) is 0 Å². The third kappa shape index (κ3) is 5.59. The highest BCUT2D eigenvalue weighted by Crippen LogP contribution is 2.26. The summed E-state index contributed by atoms with van der Waals surface area (Å²) in [6.07, 6.45) is 1.91. The van der Waals surface area contributed by atoms with E-state index in [0.29, 0.717) is 17.3 Å². The molecule has 2 amide bonds. The number of pyridine rings is 2. The number of carbonyl (C=O) groups excluding carboxylic acids is 2. The van der Waals surface area contributed by atoms with Crippen molar-refractivity contribution in [3.8, 4) is 0 Å². The lowest BCUT2D eigenvalue weighted by molar-refractivity contribution is -0.138. The lowest BCUT2D eigenvalue weighted by Crippen LogP contribution is -2.47. The summed E-state index contributed by atoms with van der Waals surface area (Å²) in [7, 11) is 0. The molecule has 4 aromatic rings. The fourth-order valence-electron chi connectivity index (χ4n) is 4.91. The zero-order valence-electron chi connectivity index (χ0n) is 21.9. The van der Waals surface area contributed by atoms with Gasteiger partial charge in [0.2, 0.25) is 11.8 Å². The van der Waals surface area contributed by atoms with E-state index in [1.807, 2.05) is 42.5 Å². The average molecular weight is 531 g/mol. The van der Waals surface area contributed by atoms with Crippen molar-refractivity contribution in [3.63, 3.8) is 0 Å². The van der Waals surface area contributed by atoms with Crippen molar-refractivity contribution in [2.24, 2.45) is 0 Å². The van der Waals surface area contributed by atoms with E-state index in [2.05, 4.69) is 29.2 Å². The Morgan fingerprint density at radius 2 is 1.82 bits per heavy atom. The topological polar surface area (TPSA) is 102 Å². The second-order valence-electron chi connectivity index (χ2n) is 10.1. The van der Waals surface area contributed by atoms with Crippen molar-refractivity contribution in [3.05, 3.63) is 100 Å². The van der Waals surface area contributed by atoms with E-state index >= 15 is 0 Å². The molecule has 1 saturated heterocycles. The molecule has 4 heterocycles. The van der Waals surface area contributed by atoms with Crippen LogP contribution in [-0.2, 0) is 16.1 Å². The van der Waals surface area contributed by atoms with Crippen molar-refractivity contribution < 1.29 is 14.0 Å². The molecule has 1 aromatic carbocycles. The van der Waals surface area contributed by atoms with Gasteiger partial charge < -0.3 is 10.2 Å². The number of carbonyl (C=O) groups is 2. The summed E-state index contributed by atoms with van der Waals surface area (Å²) < 4.78 is 17.2. The standard InChI is InChI=1S/C29H31FN6O3/c1-19(2)21-11-12-23(31-17-21)27(20-8-4-3-5-9-20)32-28(38)24-16-22(30)18-35(24)26(37)13-15-36-29(39)34-14-7-6-10-25(34)33-36/h3-12,14,17,19,22,24,27H,13,15-16,18H2,1-2H3,(H,32,38). The number of hydrogen-bond acceptors (Lipinski definition) is 5. The number of aromatic nitrogens is 4. The van der Waals surface area contributed by atoms with Gasteiger partial charge in [-0.2, -0.15) is 0 Å². The van der Waals surface area contributed by atoms with Crippen molar-refractivity contribution in [2.45, 2.75) is 57.4 Å². The summed E-state index contributed by atoms with van der Waals surface area (Å²) in [5, 5.41) is 7.25. The van der Waals surface area contributed by atoms with E-state index in [4.69, 9.17) is 0 Å². The third-order valence-electron chi connectivity index (χ3n) is 7.09. The van der Waals surface area contributed by atoms with Crippen molar-refractivity contribution >= 4 is 17.5 Å². The van der Waals surface area contributed by atoms with Gasteiger partial charge >= 0.3 is 5.69 Å². The van der Waals surface area contributed by atoms with Gasteiger partial charge in [-0.05, 0) is 35.2 Å². The molecule has 9 nitrogen and oxygen atoms in total. The minimum atomic E-state index is -1.32. The van der Waals surface area contributed by atoms with Crippen LogP contribution in [0, 0.1) is 0 Å². The Balaban J connectivity index is 1.32. The van der Waals surface area contributed by atoms with Crippen LogP contribution >= 0.6 is 0 Å². The molecule has 1 aliphatic heterocycles. The van der Waals surface area contributed by atoms with Gasteiger partial charge in [-0.3, -0.25) is 19.0 Å². The molecule has 0 bridgehead atoms. The van der Waals surface area contributed by atoms with E-state index in [1.54, 1.807) is 30.6 Å².